The summed E-state index contributed by atoms with van der Waals surface area (Å²) in [6.07, 6.45) is 13.2. The van der Waals surface area contributed by atoms with Gasteiger partial charge in [-0.1, -0.05) is 60.6 Å². The standard InChI is InChI=1S/C32H52O2/c1-20-12-15-29(6)18-19-31(8)23(27(29)21(20)2)10-11-25-30(7)16-14-26(34-22(3)33)28(4,5)24(30)13-17-32(25,31)9/h20,23-27H,2,10-19H2,1,3-9H3/t20-,23-,24?,25-,26+,27-,29-,30+,31-,32-/m1/s1. The first-order chi connectivity index (χ1) is 15.7. The second-order valence-corrected chi connectivity index (χ2v) is 15.3. The summed E-state index contributed by atoms with van der Waals surface area (Å²) in [6.45, 7) is 24.3. The van der Waals surface area contributed by atoms with Gasteiger partial charge in [0.15, 0.2) is 0 Å². The van der Waals surface area contributed by atoms with Crippen LogP contribution in [0.5, 0.6) is 0 Å². The molecule has 0 saturated heterocycles. The van der Waals surface area contributed by atoms with E-state index in [2.05, 4.69) is 48.5 Å². The number of fused-ring (bicyclic) bond motifs is 7. The molecule has 10 atom stereocenters. The lowest BCUT2D eigenvalue weighted by molar-refractivity contribution is -0.248. The zero-order chi connectivity index (χ0) is 24.9. The minimum Gasteiger partial charge on any atom is -0.462 e. The van der Waals surface area contributed by atoms with E-state index in [4.69, 9.17) is 11.3 Å². The van der Waals surface area contributed by atoms with Crippen LogP contribution in [0.4, 0.5) is 0 Å². The topological polar surface area (TPSA) is 26.3 Å². The van der Waals surface area contributed by atoms with E-state index in [0.29, 0.717) is 33.5 Å². The molecule has 0 N–H and O–H groups in total. The van der Waals surface area contributed by atoms with Crippen LogP contribution in [0.1, 0.15) is 120 Å². The summed E-state index contributed by atoms with van der Waals surface area (Å²) in [5, 5.41) is 0. The molecule has 5 rings (SSSR count). The number of carbonyl (C=O) groups is 1. The summed E-state index contributed by atoms with van der Waals surface area (Å²) >= 11 is 0. The maximum atomic E-state index is 11.9. The van der Waals surface area contributed by atoms with E-state index in [1.807, 2.05) is 0 Å². The molecule has 1 unspecified atom stereocenters. The number of esters is 1. The highest BCUT2D eigenvalue weighted by Crippen LogP contribution is 2.77. The molecule has 5 fully saturated rings. The van der Waals surface area contributed by atoms with Gasteiger partial charge in [-0.25, -0.2) is 0 Å². The highest BCUT2D eigenvalue weighted by atomic mass is 16.5. The molecule has 5 aliphatic rings. The molecule has 0 heterocycles. The summed E-state index contributed by atoms with van der Waals surface area (Å²) in [5.41, 5.74) is 3.27. The highest BCUT2D eigenvalue weighted by molar-refractivity contribution is 5.66. The van der Waals surface area contributed by atoms with Crippen molar-refractivity contribution in [3.05, 3.63) is 12.2 Å². The fourth-order valence-corrected chi connectivity index (χ4v) is 11.6. The number of rotatable bonds is 1. The van der Waals surface area contributed by atoms with Crippen LogP contribution in [0.25, 0.3) is 0 Å². The van der Waals surface area contributed by atoms with Gasteiger partial charge in [0.2, 0.25) is 0 Å². The van der Waals surface area contributed by atoms with Gasteiger partial charge in [0.05, 0.1) is 0 Å². The number of hydrogen-bond acceptors (Lipinski definition) is 2. The molecule has 0 bridgehead atoms. The Kier molecular flexibility index (Phi) is 5.57. The summed E-state index contributed by atoms with van der Waals surface area (Å²) in [7, 11) is 0. The molecule has 192 valence electrons. The van der Waals surface area contributed by atoms with Gasteiger partial charge < -0.3 is 4.74 Å². The Morgan fingerprint density at radius 1 is 0.824 bits per heavy atom. The molecule has 0 radical (unpaired) electrons. The first kappa shape index (κ1) is 24.9. The average Bonchev–Trinajstić information content (AvgIpc) is 2.74. The van der Waals surface area contributed by atoms with E-state index in [9.17, 15) is 4.79 Å². The summed E-state index contributed by atoms with van der Waals surface area (Å²) in [5.74, 6) is 3.51. The smallest absolute Gasteiger partial charge is 0.302 e. The van der Waals surface area contributed by atoms with E-state index in [0.717, 1.165) is 24.2 Å². The van der Waals surface area contributed by atoms with E-state index in [1.54, 1.807) is 12.5 Å². The molecule has 0 spiro atoms. The monoisotopic (exact) mass is 468 g/mol. The number of carbonyl (C=O) groups excluding carboxylic acids is 1. The van der Waals surface area contributed by atoms with Crippen molar-refractivity contribution in [3.63, 3.8) is 0 Å². The van der Waals surface area contributed by atoms with Crippen molar-refractivity contribution >= 4 is 5.97 Å². The van der Waals surface area contributed by atoms with Crippen molar-refractivity contribution in [1.82, 2.24) is 0 Å². The summed E-state index contributed by atoms with van der Waals surface area (Å²) < 4.78 is 5.91. The fraction of sp³-hybridized carbons (Fsp3) is 0.906. The maximum Gasteiger partial charge on any atom is 0.302 e. The highest BCUT2D eigenvalue weighted by Gasteiger charge is 2.69. The van der Waals surface area contributed by atoms with Gasteiger partial charge in [-0.15, -0.1) is 0 Å². The normalized spacial score (nSPS) is 54.2. The number of hydrogen-bond donors (Lipinski definition) is 0. The largest absolute Gasteiger partial charge is 0.462 e. The van der Waals surface area contributed by atoms with Crippen molar-refractivity contribution in [3.8, 4) is 0 Å². The molecular formula is C32H52O2. The van der Waals surface area contributed by atoms with Crippen LogP contribution in [0.2, 0.25) is 0 Å². The SMILES string of the molecule is C=C1[C@H](C)CC[C@]2(C)CC[C@]3(C)[C@H](CC[C@@H]4[C@@]5(C)CC[C@H](OC(C)=O)C(C)(C)C5CC[C@]43C)[C@@H]12. The molecule has 34 heavy (non-hydrogen) atoms. The van der Waals surface area contributed by atoms with Gasteiger partial charge in [-0.2, -0.15) is 0 Å². The van der Waals surface area contributed by atoms with Crippen molar-refractivity contribution < 1.29 is 9.53 Å². The Morgan fingerprint density at radius 2 is 1.53 bits per heavy atom. The van der Waals surface area contributed by atoms with Crippen molar-refractivity contribution in [1.29, 1.82) is 0 Å². The molecule has 0 aliphatic heterocycles. The maximum absolute atomic E-state index is 11.9. The van der Waals surface area contributed by atoms with E-state index in [-0.39, 0.29) is 17.5 Å². The first-order valence-electron chi connectivity index (χ1n) is 14.6. The predicted octanol–water partition coefficient (Wildman–Crippen LogP) is 8.60. The number of ether oxygens (including phenoxy) is 1. The summed E-state index contributed by atoms with van der Waals surface area (Å²) in [4.78, 5) is 11.9. The molecular weight excluding hydrogens is 416 g/mol. The summed E-state index contributed by atoms with van der Waals surface area (Å²) in [6, 6.07) is 0. The van der Waals surface area contributed by atoms with Crippen LogP contribution in [0, 0.1) is 56.7 Å². The second-order valence-electron chi connectivity index (χ2n) is 15.3. The van der Waals surface area contributed by atoms with Crippen molar-refractivity contribution in [2.45, 2.75) is 126 Å². The van der Waals surface area contributed by atoms with E-state index in [1.165, 1.54) is 57.8 Å². The minimum absolute atomic E-state index is 0.0516. The molecule has 5 aliphatic carbocycles. The van der Waals surface area contributed by atoms with Gasteiger partial charge in [-0.05, 0) is 115 Å². The molecule has 0 aromatic carbocycles. The first-order valence-corrected chi connectivity index (χ1v) is 14.6. The fourth-order valence-electron chi connectivity index (χ4n) is 11.6. The molecule has 2 nitrogen and oxygen atoms in total. The van der Waals surface area contributed by atoms with Crippen LogP contribution in [-0.4, -0.2) is 12.1 Å². The van der Waals surface area contributed by atoms with Crippen LogP contribution in [0.3, 0.4) is 0 Å². The quantitative estimate of drug-likeness (QED) is 0.284. The molecule has 2 heteroatoms. The van der Waals surface area contributed by atoms with Gasteiger partial charge >= 0.3 is 5.97 Å². The molecule has 0 aromatic rings. The molecule has 5 saturated carbocycles. The molecule has 0 aromatic heterocycles. The predicted molar refractivity (Wildman–Crippen MR) is 140 cm³/mol. The lowest BCUT2D eigenvalue weighted by Crippen LogP contribution is -2.67. The Morgan fingerprint density at radius 3 is 2.21 bits per heavy atom. The zero-order valence-electron chi connectivity index (χ0n) is 23.6. The molecule has 0 amide bonds. The van der Waals surface area contributed by atoms with Crippen LogP contribution < -0.4 is 0 Å². The third kappa shape index (κ3) is 3.08. The van der Waals surface area contributed by atoms with E-state index < -0.39 is 0 Å². The van der Waals surface area contributed by atoms with Crippen molar-refractivity contribution in [2.24, 2.45) is 56.7 Å². The third-order valence-electron chi connectivity index (χ3n) is 13.7. The minimum atomic E-state index is -0.109. The van der Waals surface area contributed by atoms with Crippen LogP contribution in [0.15, 0.2) is 12.2 Å². The van der Waals surface area contributed by atoms with Gasteiger partial charge in [-0.3, -0.25) is 4.79 Å². The lowest BCUT2D eigenvalue weighted by Gasteiger charge is -2.73. The van der Waals surface area contributed by atoms with Crippen molar-refractivity contribution in [2.75, 3.05) is 0 Å². The van der Waals surface area contributed by atoms with E-state index >= 15 is 0 Å². The zero-order valence-corrected chi connectivity index (χ0v) is 23.6. The lowest BCUT2D eigenvalue weighted by atomic mass is 9.31. The Bertz CT molecular complexity index is 872. The Balaban J connectivity index is 1.50. The second kappa shape index (κ2) is 7.61. The van der Waals surface area contributed by atoms with Gasteiger partial charge in [0.25, 0.3) is 0 Å². The third-order valence-corrected chi connectivity index (χ3v) is 13.7. The van der Waals surface area contributed by atoms with Gasteiger partial charge in [0.1, 0.15) is 6.10 Å². The van der Waals surface area contributed by atoms with Crippen LogP contribution >= 0.6 is 0 Å². The van der Waals surface area contributed by atoms with Gasteiger partial charge in [0, 0.05) is 12.3 Å². The average molecular weight is 469 g/mol. The Hall–Kier alpha value is -0.790. The van der Waals surface area contributed by atoms with Crippen LogP contribution in [-0.2, 0) is 9.53 Å². The Labute approximate surface area is 210 Å². The number of allylic oxidation sites excluding steroid dienone is 1.